The lowest BCUT2D eigenvalue weighted by Gasteiger charge is -2.08. The van der Waals surface area contributed by atoms with Crippen LogP contribution < -0.4 is 10.1 Å². The molecule has 8 heteroatoms. The molecule has 0 aliphatic carbocycles. The summed E-state index contributed by atoms with van der Waals surface area (Å²) in [5, 5.41) is 2.94. The number of carbonyl (C=O) groups excluding carboxylic acids is 1. The maximum atomic E-state index is 12.3. The number of aryl methyl sites for hydroxylation is 1. The molecule has 2 heterocycles. The lowest BCUT2D eigenvalue weighted by molar-refractivity contribution is 0.0952. The van der Waals surface area contributed by atoms with Crippen LogP contribution in [0.15, 0.2) is 54.9 Å². The van der Waals surface area contributed by atoms with Crippen molar-refractivity contribution >= 4 is 28.7 Å². The van der Waals surface area contributed by atoms with Crippen molar-refractivity contribution in [2.45, 2.75) is 20.1 Å². The molecule has 1 amide bonds. The van der Waals surface area contributed by atoms with Gasteiger partial charge in [0.25, 0.3) is 5.91 Å². The van der Waals surface area contributed by atoms with Gasteiger partial charge in [0.15, 0.2) is 0 Å². The highest BCUT2D eigenvalue weighted by atomic mass is 32.1. The third kappa shape index (κ3) is 4.01. The van der Waals surface area contributed by atoms with E-state index in [1.165, 1.54) is 11.7 Å². The van der Waals surface area contributed by atoms with Crippen LogP contribution in [-0.2, 0) is 13.2 Å². The van der Waals surface area contributed by atoms with Gasteiger partial charge >= 0.3 is 0 Å². The van der Waals surface area contributed by atoms with E-state index in [-0.39, 0.29) is 5.91 Å². The molecular formula is C20H19N5O2S. The molecule has 4 rings (SSSR count). The topological polar surface area (TPSA) is 81.9 Å². The Hall–Kier alpha value is -3.26. The standard InChI is InChI=1S/C20H19N5O2S/c1-14-18(24-28-23-14)12-27-16-8-6-15(7-9-16)20(26)21-10-11-25-13-22-17-4-2-3-5-19(17)25/h2-9,13H,10-12H2,1H3,(H,21,26). The summed E-state index contributed by atoms with van der Waals surface area (Å²) in [6.07, 6.45) is 1.79. The first-order chi connectivity index (χ1) is 13.7. The molecule has 142 valence electrons. The summed E-state index contributed by atoms with van der Waals surface area (Å²) < 4.78 is 16.0. The Labute approximate surface area is 166 Å². The Bertz CT molecular complexity index is 1090. The van der Waals surface area contributed by atoms with Gasteiger partial charge in [-0.1, -0.05) is 12.1 Å². The predicted molar refractivity (Wildman–Crippen MR) is 107 cm³/mol. The van der Waals surface area contributed by atoms with Gasteiger partial charge in [-0.05, 0) is 43.3 Å². The molecule has 0 spiro atoms. The summed E-state index contributed by atoms with van der Waals surface area (Å²) in [6, 6.07) is 15.0. The summed E-state index contributed by atoms with van der Waals surface area (Å²) in [4.78, 5) is 16.7. The third-order valence-corrected chi connectivity index (χ3v) is 5.06. The number of imidazole rings is 1. The van der Waals surface area contributed by atoms with Crippen LogP contribution in [0.25, 0.3) is 11.0 Å². The Balaban J connectivity index is 1.29. The minimum atomic E-state index is -0.115. The summed E-state index contributed by atoms with van der Waals surface area (Å²) in [5.41, 5.74) is 4.32. The zero-order chi connectivity index (χ0) is 19.3. The van der Waals surface area contributed by atoms with Crippen LogP contribution >= 0.6 is 11.7 Å². The van der Waals surface area contributed by atoms with E-state index in [0.717, 1.165) is 22.4 Å². The van der Waals surface area contributed by atoms with Crippen molar-refractivity contribution in [3.8, 4) is 5.75 Å². The first-order valence-corrected chi connectivity index (χ1v) is 9.63. The number of aromatic nitrogens is 4. The average Bonchev–Trinajstić information content (AvgIpc) is 3.33. The number of rotatable bonds is 7. The van der Waals surface area contributed by atoms with Crippen LogP contribution in [0.3, 0.4) is 0 Å². The molecule has 7 nitrogen and oxygen atoms in total. The Morgan fingerprint density at radius 3 is 2.75 bits per heavy atom. The number of nitrogens with zero attached hydrogens (tertiary/aromatic N) is 4. The van der Waals surface area contributed by atoms with Gasteiger partial charge in [0.2, 0.25) is 0 Å². The van der Waals surface area contributed by atoms with E-state index < -0.39 is 0 Å². The molecule has 2 aromatic heterocycles. The molecule has 0 bridgehead atoms. The zero-order valence-corrected chi connectivity index (χ0v) is 16.1. The fraction of sp³-hybridized carbons (Fsp3) is 0.200. The van der Waals surface area contributed by atoms with Gasteiger partial charge in [-0.3, -0.25) is 4.79 Å². The van der Waals surface area contributed by atoms with Crippen molar-refractivity contribution < 1.29 is 9.53 Å². The van der Waals surface area contributed by atoms with Crippen LogP contribution in [0.4, 0.5) is 0 Å². The second-order valence-corrected chi connectivity index (χ2v) is 6.82. The largest absolute Gasteiger partial charge is 0.487 e. The maximum absolute atomic E-state index is 12.3. The monoisotopic (exact) mass is 393 g/mol. The van der Waals surface area contributed by atoms with Crippen molar-refractivity contribution in [3.63, 3.8) is 0 Å². The SMILES string of the molecule is Cc1nsnc1COc1ccc(C(=O)NCCn2cnc3ccccc32)cc1. The van der Waals surface area contributed by atoms with Gasteiger partial charge in [0.05, 0.1) is 34.8 Å². The van der Waals surface area contributed by atoms with Gasteiger partial charge in [0.1, 0.15) is 18.1 Å². The smallest absolute Gasteiger partial charge is 0.251 e. The average molecular weight is 393 g/mol. The number of amides is 1. The summed E-state index contributed by atoms with van der Waals surface area (Å²) >= 11 is 1.18. The Morgan fingerprint density at radius 1 is 1.14 bits per heavy atom. The summed E-state index contributed by atoms with van der Waals surface area (Å²) in [7, 11) is 0. The van der Waals surface area contributed by atoms with Gasteiger partial charge in [-0.2, -0.15) is 8.75 Å². The molecule has 0 saturated carbocycles. The predicted octanol–water partition coefficient (Wildman–Crippen LogP) is 3.21. The molecule has 0 radical (unpaired) electrons. The molecule has 0 unspecified atom stereocenters. The Kier molecular flexibility index (Phi) is 5.29. The van der Waals surface area contributed by atoms with Gasteiger partial charge in [0, 0.05) is 18.7 Å². The molecule has 0 fully saturated rings. The second kappa shape index (κ2) is 8.18. The number of carbonyl (C=O) groups is 1. The van der Waals surface area contributed by atoms with Crippen LogP contribution in [0, 0.1) is 6.92 Å². The highest BCUT2D eigenvalue weighted by Gasteiger charge is 2.08. The molecule has 0 aliphatic heterocycles. The lowest BCUT2D eigenvalue weighted by atomic mass is 10.2. The highest BCUT2D eigenvalue weighted by molar-refractivity contribution is 6.99. The van der Waals surface area contributed by atoms with E-state index in [9.17, 15) is 4.79 Å². The summed E-state index contributed by atoms with van der Waals surface area (Å²) in [6.45, 7) is 3.46. The molecule has 1 N–H and O–H groups in total. The van der Waals surface area contributed by atoms with E-state index in [1.807, 2.05) is 35.8 Å². The molecule has 0 aliphatic rings. The number of fused-ring (bicyclic) bond motifs is 1. The van der Waals surface area contributed by atoms with E-state index in [1.54, 1.807) is 30.6 Å². The van der Waals surface area contributed by atoms with Gasteiger partial charge in [-0.15, -0.1) is 0 Å². The molecule has 4 aromatic rings. The van der Waals surface area contributed by atoms with Crippen molar-refractivity contribution in [2.24, 2.45) is 0 Å². The first kappa shape index (κ1) is 18.1. The zero-order valence-electron chi connectivity index (χ0n) is 15.3. The number of nitrogens with one attached hydrogen (secondary N) is 1. The van der Waals surface area contributed by atoms with Crippen molar-refractivity contribution in [1.29, 1.82) is 0 Å². The fourth-order valence-corrected chi connectivity index (χ4v) is 3.37. The van der Waals surface area contributed by atoms with Crippen molar-refractivity contribution in [3.05, 3.63) is 71.8 Å². The molecule has 2 aromatic carbocycles. The number of para-hydroxylation sites is 2. The van der Waals surface area contributed by atoms with Crippen LogP contribution in [0.2, 0.25) is 0 Å². The van der Waals surface area contributed by atoms with Crippen LogP contribution in [-0.4, -0.2) is 30.8 Å². The first-order valence-electron chi connectivity index (χ1n) is 8.89. The van der Waals surface area contributed by atoms with E-state index in [0.29, 0.717) is 31.0 Å². The van der Waals surface area contributed by atoms with Gasteiger partial charge < -0.3 is 14.6 Å². The summed E-state index contributed by atoms with van der Waals surface area (Å²) in [5.74, 6) is 0.573. The number of ether oxygens (including phenoxy) is 1. The normalized spacial score (nSPS) is 10.9. The second-order valence-electron chi connectivity index (χ2n) is 6.29. The lowest BCUT2D eigenvalue weighted by Crippen LogP contribution is -2.27. The number of benzene rings is 2. The van der Waals surface area contributed by atoms with Crippen LogP contribution in [0.5, 0.6) is 5.75 Å². The van der Waals surface area contributed by atoms with E-state index in [2.05, 4.69) is 19.0 Å². The molecule has 0 atom stereocenters. The van der Waals surface area contributed by atoms with E-state index in [4.69, 9.17) is 4.74 Å². The van der Waals surface area contributed by atoms with Crippen molar-refractivity contribution in [2.75, 3.05) is 6.54 Å². The van der Waals surface area contributed by atoms with Gasteiger partial charge in [-0.25, -0.2) is 4.98 Å². The molecule has 28 heavy (non-hydrogen) atoms. The van der Waals surface area contributed by atoms with Crippen molar-refractivity contribution in [1.82, 2.24) is 23.6 Å². The highest BCUT2D eigenvalue weighted by Crippen LogP contribution is 2.15. The Morgan fingerprint density at radius 2 is 1.96 bits per heavy atom. The maximum Gasteiger partial charge on any atom is 0.251 e. The molecule has 0 saturated heterocycles. The van der Waals surface area contributed by atoms with E-state index >= 15 is 0 Å². The quantitative estimate of drug-likeness (QED) is 0.521. The minimum absolute atomic E-state index is 0.115. The van der Waals surface area contributed by atoms with Crippen LogP contribution in [0.1, 0.15) is 21.7 Å². The fourth-order valence-electron chi connectivity index (χ4n) is 2.82. The number of hydrogen-bond acceptors (Lipinski definition) is 6. The minimum Gasteiger partial charge on any atom is -0.487 e. The third-order valence-electron chi connectivity index (χ3n) is 4.40. The molecular weight excluding hydrogens is 374 g/mol. The number of hydrogen-bond donors (Lipinski definition) is 1.